The number of hydrogen-bond acceptors (Lipinski definition) is 5. The lowest BCUT2D eigenvalue weighted by molar-refractivity contribution is 0.601. The molecule has 0 aliphatic rings. The number of fused-ring (bicyclic) bond motifs is 1. The first kappa shape index (κ1) is 17.7. The van der Waals surface area contributed by atoms with Crippen LogP contribution in [0, 0.1) is 0 Å². The van der Waals surface area contributed by atoms with Crippen LogP contribution in [0.5, 0.6) is 0 Å². The molecule has 0 fully saturated rings. The molecule has 0 aliphatic heterocycles. The summed E-state index contributed by atoms with van der Waals surface area (Å²) in [6.07, 6.45) is 1.33. The van der Waals surface area contributed by atoms with Gasteiger partial charge in [0.1, 0.15) is 0 Å². The maximum atomic E-state index is 12.5. The zero-order valence-corrected chi connectivity index (χ0v) is 15.7. The van der Waals surface area contributed by atoms with Crippen LogP contribution in [0.15, 0.2) is 47.5 Å². The molecule has 6 nitrogen and oxygen atoms in total. The highest BCUT2D eigenvalue weighted by atomic mass is 35.5. The molecule has 0 saturated carbocycles. The lowest BCUT2D eigenvalue weighted by Gasteiger charge is -2.13. The second kappa shape index (κ2) is 6.67. The van der Waals surface area contributed by atoms with E-state index in [9.17, 15) is 8.42 Å². The van der Waals surface area contributed by atoms with E-state index in [2.05, 4.69) is 14.7 Å². The number of aromatic nitrogens is 2. The van der Waals surface area contributed by atoms with E-state index >= 15 is 0 Å². The van der Waals surface area contributed by atoms with Gasteiger partial charge in [0.05, 0.1) is 32.2 Å². The van der Waals surface area contributed by atoms with E-state index in [4.69, 9.17) is 23.2 Å². The third-order valence-electron chi connectivity index (χ3n) is 3.49. The molecule has 0 radical (unpaired) electrons. The van der Waals surface area contributed by atoms with Gasteiger partial charge in [0.15, 0.2) is 5.82 Å². The van der Waals surface area contributed by atoms with Crippen LogP contribution < -0.4 is 9.62 Å². The lowest BCUT2D eigenvalue weighted by Crippen LogP contribution is -2.15. The predicted molar refractivity (Wildman–Crippen MR) is 101 cm³/mol. The number of benzene rings is 2. The summed E-state index contributed by atoms with van der Waals surface area (Å²) in [5.41, 5.74) is 1.86. The van der Waals surface area contributed by atoms with Gasteiger partial charge in [-0.05, 0) is 36.4 Å². The predicted octanol–water partition coefficient (Wildman–Crippen LogP) is 3.80. The molecule has 1 heterocycles. The van der Waals surface area contributed by atoms with E-state index < -0.39 is 10.0 Å². The van der Waals surface area contributed by atoms with Gasteiger partial charge in [-0.2, -0.15) is 0 Å². The van der Waals surface area contributed by atoms with Gasteiger partial charge < -0.3 is 4.90 Å². The minimum absolute atomic E-state index is 0.0996. The Labute approximate surface area is 155 Å². The van der Waals surface area contributed by atoms with Crippen molar-refractivity contribution in [1.82, 2.24) is 9.97 Å². The molecule has 0 bridgehead atoms. The van der Waals surface area contributed by atoms with Crippen molar-refractivity contribution in [2.24, 2.45) is 0 Å². The normalized spacial score (nSPS) is 11.5. The number of halogens is 2. The Morgan fingerprint density at radius 3 is 2.20 bits per heavy atom. The Morgan fingerprint density at radius 1 is 1.00 bits per heavy atom. The van der Waals surface area contributed by atoms with Crippen molar-refractivity contribution in [3.8, 4) is 0 Å². The van der Waals surface area contributed by atoms with Gasteiger partial charge in [0, 0.05) is 19.8 Å². The maximum Gasteiger partial charge on any atom is 0.263 e. The zero-order chi connectivity index (χ0) is 18.2. The summed E-state index contributed by atoms with van der Waals surface area (Å²) in [7, 11) is -0.0152. The van der Waals surface area contributed by atoms with Crippen molar-refractivity contribution in [2.75, 3.05) is 23.7 Å². The van der Waals surface area contributed by atoms with Crippen LogP contribution in [-0.2, 0) is 10.0 Å². The highest BCUT2D eigenvalue weighted by molar-refractivity contribution is 7.92. The molecule has 2 aromatic carbocycles. The molecule has 0 unspecified atom stereocenters. The topological polar surface area (TPSA) is 75.2 Å². The molecule has 0 saturated heterocycles. The third kappa shape index (κ3) is 3.78. The summed E-state index contributed by atoms with van der Waals surface area (Å²) >= 11 is 11.9. The fraction of sp³-hybridized carbons (Fsp3) is 0.125. The smallest absolute Gasteiger partial charge is 0.263 e. The molecule has 3 aromatic rings. The molecule has 0 atom stereocenters. The summed E-state index contributed by atoms with van der Waals surface area (Å²) in [5, 5.41) is 0.681. The number of hydrogen-bond donors (Lipinski definition) is 1. The van der Waals surface area contributed by atoms with Gasteiger partial charge in [0.25, 0.3) is 10.0 Å². The van der Waals surface area contributed by atoms with Gasteiger partial charge in [-0.15, -0.1) is 0 Å². The summed E-state index contributed by atoms with van der Waals surface area (Å²) in [4.78, 5) is 10.4. The SMILES string of the molecule is CN(C)c1ccc(S(=O)(=O)Nc2cnc3cc(Cl)c(Cl)cc3n2)cc1. The minimum atomic E-state index is -3.77. The Bertz CT molecular complexity index is 1040. The number of anilines is 2. The van der Waals surface area contributed by atoms with Crippen LogP contribution in [0.3, 0.4) is 0 Å². The summed E-state index contributed by atoms with van der Waals surface area (Å²) in [5.74, 6) is 0.0996. The quantitative estimate of drug-likeness (QED) is 0.725. The fourth-order valence-corrected chi connectivity index (χ4v) is 3.48. The second-order valence-electron chi connectivity index (χ2n) is 5.50. The summed E-state index contributed by atoms with van der Waals surface area (Å²) < 4.78 is 27.4. The average molecular weight is 397 g/mol. The molecule has 3 rings (SSSR count). The molecule has 130 valence electrons. The number of nitrogens with one attached hydrogen (secondary N) is 1. The van der Waals surface area contributed by atoms with Crippen molar-refractivity contribution in [3.05, 3.63) is 52.6 Å². The van der Waals surface area contributed by atoms with Gasteiger partial charge in [-0.25, -0.2) is 13.4 Å². The van der Waals surface area contributed by atoms with E-state index in [0.29, 0.717) is 21.1 Å². The van der Waals surface area contributed by atoms with E-state index in [0.717, 1.165) is 5.69 Å². The van der Waals surface area contributed by atoms with Crippen molar-refractivity contribution in [1.29, 1.82) is 0 Å². The van der Waals surface area contributed by atoms with Gasteiger partial charge in [-0.1, -0.05) is 23.2 Å². The largest absolute Gasteiger partial charge is 0.378 e. The molecule has 0 amide bonds. The van der Waals surface area contributed by atoms with E-state index in [-0.39, 0.29) is 10.7 Å². The number of sulfonamides is 1. The molecular formula is C16H14Cl2N4O2S. The second-order valence-corrected chi connectivity index (χ2v) is 8.00. The minimum Gasteiger partial charge on any atom is -0.378 e. The van der Waals surface area contributed by atoms with Crippen molar-refractivity contribution in [3.63, 3.8) is 0 Å². The first-order valence-electron chi connectivity index (χ1n) is 7.18. The zero-order valence-electron chi connectivity index (χ0n) is 13.4. The van der Waals surface area contributed by atoms with Gasteiger partial charge in [0.2, 0.25) is 0 Å². The molecule has 9 heteroatoms. The molecule has 1 aromatic heterocycles. The van der Waals surface area contributed by atoms with Crippen molar-refractivity contribution in [2.45, 2.75) is 4.90 Å². The highest BCUT2D eigenvalue weighted by Crippen LogP contribution is 2.27. The maximum absolute atomic E-state index is 12.5. The molecule has 25 heavy (non-hydrogen) atoms. The van der Waals surface area contributed by atoms with Crippen LogP contribution in [0.1, 0.15) is 0 Å². The number of rotatable bonds is 4. The standard InChI is InChI=1S/C16H14Cl2N4O2S/c1-22(2)10-3-5-11(6-4-10)25(23,24)21-16-9-19-14-7-12(17)13(18)8-15(14)20-16/h3-9H,1-2H3,(H,20,21). The average Bonchev–Trinajstić information content (AvgIpc) is 2.56. The Kier molecular flexibility index (Phi) is 4.73. The molecular weight excluding hydrogens is 383 g/mol. The van der Waals surface area contributed by atoms with E-state index in [1.165, 1.54) is 24.4 Å². The molecule has 0 aliphatic carbocycles. The van der Waals surface area contributed by atoms with Crippen molar-refractivity contribution >= 4 is 55.8 Å². The van der Waals surface area contributed by atoms with Crippen LogP contribution in [0.2, 0.25) is 10.0 Å². The van der Waals surface area contributed by atoms with Crippen LogP contribution in [-0.4, -0.2) is 32.5 Å². The summed E-state index contributed by atoms with van der Waals surface area (Å²) in [6.45, 7) is 0. The Balaban J connectivity index is 1.92. The summed E-state index contributed by atoms with van der Waals surface area (Å²) in [6, 6.07) is 9.62. The van der Waals surface area contributed by atoms with Gasteiger partial charge >= 0.3 is 0 Å². The fourth-order valence-electron chi connectivity index (χ4n) is 2.18. The van der Waals surface area contributed by atoms with Crippen LogP contribution >= 0.6 is 23.2 Å². The first-order chi connectivity index (χ1) is 11.8. The highest BCUT2D eigenvalue weighted by Gasteiger charge is 2.16. The van der Waals surface area contributed by atoms with Crippen LogP contribution in [0.4, 0.5) is 11.5 Å². The van der Waals surface area contributed by atoms with E-state index in [1.54, 1.807) is 18.2 Å². The number of nitrogens with zero attached hydrogens (tertiary/aromatic N) is 3. The molecule has 0 spiro atoms. The third-order valence-corrected chi connectivity index (χ3v) is 5.58. The Hall–Kier alpha value is -2.09. The Morgan fingerprint density at radius 2 is 1.60 bits per heavy atom. The molecule has 1 N–H and O–H groups in total. The van der Waals surface area contributed by atoms with Gasteiger partial charge in [-0.3, -0.25) is 9.71 Å². The first-order valence-corrected chi connectivity index (χ1v) is 9.42. The monoisotopic (exact) mass is 396 g/mol. The van der Waals surface area contributed by atoms with E-state index in [1.807, 2.05) is 19.0 Å². The van der Waals surface area contributed by atoms with Crippen LogP contribution in [0.25, 0.3) is 11.0 Å². The lowest BCUT2D eigenvalue weighted by atomic mass is 10.3. The van der Waals surface area contributed by atoms with Crippen molar-refractivity contribution < 1.29 is 8.42 Å².